The fourth-order valence-corrected chi connectivity index (χ4v) is 1.36. The van der Waals surface area contributed by atoms with Gasteiger partial charge in [-0.2, -0.15) is 25.3 Å². The third kappa shape index (κ3) is 5.12. The molecule has 0 saturated carbocycles. The minimum Gasteiger partial charge on any atom is -0.480 e. The second-order valence-corrected chi connectivity index (χ2v) is 5.47. The van der Waals surface area contributed by atoms with Crippen LogP contribution in [-0.2, 0) is 9.59 Å². The lowest BCUT2D eigenvalue weighted by atomic mass is 10.1. The molecule has 0 aliphatic heterocycles. The molecule has 2 atom stereocenters. The molecule has 0 fully saturated rings. The molecular formula is C10H19NO3S2. The predicted octanol–water partition coefficient (Wildman–Crippen LogP) is 1.52. The van der Waals surface area contributed by atoms with Crippen LogP contribution in [0.1, 0.15) is 26.7 Å². The molecule has 0 spiro atoms. The summed E-state index contributed by atoms with van der Waals surface area (Å²) in [7, 11) is 1.50. The molecule has 0 radical (unpaired) electrons. The largest absolute Gasteiger partial charge is 0.480 e. The summed E-state index contributed by atoms with van der Waals surface area (Å²) >= 11 is 8.33. The van der Waals surface area contributed by atoms with Crippen LogP contribution in [0.5, 0.6) is 0 Å². The van der Waals surface area contributed by atoms with Crippen molar-refractivity contribution in [2.45, 2.75) is 37.3 Å². The van der Waals surface area contributed by atoms with Crippen molar-refractivity contribution >= 4 is 37.1 Å². The van der Waals surface area contributed by atoms with Crippen LogP contribution in [0, 0.1) is 5.92 Å². The zero-order valence-electron chi connectivity index (χ0n) is 9.75. The van der Waals surface area contributed by atoms with E-state index in [1.807, 2.05) is 6.92 Å². The van der Waals surface area contributed by atoms with Gasteiger partial charge in [0.2, 0.25) is 5.91 Å². The van der Waals surface area contributed by atoms with Crippen molar-refractivity contribution in [2.75, 3.05) is 7.05 Å². The van der Waals surface area contributed by atoms with E-state index in [0.717, 1.165) is 0 Å². The van der Waals surface area contributed by atoms with E-state index in [9.17, 15) is 9.59 Å². The number of carbonyl (C=O) groups excluding carboxylic acids is 1. The van der Waals surface area contributed by atoms with Crippen molar-refractivity contribution in [3.8, 4) is 0 Å². The van der Waals surface area contributed by atoms with E-state index in [4.69, 9.17) is 5.11 Å². The molecule has 6 heteroatoms. The van der Waals surface area contributed by atoms with Gasteiger partial charge >= 0.3 is 5.97 Å². The van der Waals surface area contributed by atoms with Gasteiger partial charge < -0.3 is 10.0 Å². The molecule has 1 N–H and O–H groups in total. The van der Waals surface area contributed by atoms with Crippen molar-refractivity contribution < 1.29 is 14.7 Å². The average Bonchev–Trinajstić information content (AvgIpc) is 2.22. The number of carboxylic acid groups (broad SMARTS) is 1. The van der Waals surface area contributed by atoms with Crippen LogP contribution < -0.4 is 0 Å². The maximum Gasteiger partial charge on any atom is 0.326 e. The zero-order valence-corrected chi connectivity index (χ0v) is 11.5. The van der Waals surface area contributed by atoms with Gasteiger partial charge in [0.05, 0.1) is 0 Å². The molecular weight excluding hydrogens is 246 g/mol. The monoisotopic (exact) mass is 265 g/mol. The molecule has 0 unspecified atom stereocenters. The minimum atomic E-state index is -0.995. The highest BCUT2D eigenvalue weighted by molar-refractivity contribution is 7.99. The lowest BCUT2D eigenvalue weighted by molar-refractivity contribution is -0.148. The van der Waals surface area contributed by atoms with Crippen LogP contribution in [0.4, 0.5) is 0 Å². The highest BCUT2D eigenvalue weighted by Gasteiger charge is 2.22. The van der Waals surface area contributed by atoms with E-state index < -0.39 is 12.0 Å². The quantitative estimate of drug-likeness (QED) is 0.504. The summed E-state index contributed by atoms with van der Waals surface area (Å²) in [5, 5.41) is 8.75. The van der Waals surface area contributed by atoms with Crippen LogP contribution >= 0.6 is 25.3 Å². The fraction of sp³-hybridized carbons (Fsp3) is 0.800. The number of rotatable bonds is 6. The Labute approximate surface area is 107 Å². The molecule has 0 rings (SSSR count). The Bertz CT molecular complexity index is 258. The summed E-state index contributed by atoms with van der Waals surface area (Å²) in [6, 6.07) is -0.786. The summed E-state index contributed by atoms with van der Waals surface area (Å²) in [6.07, 6.45) is 0.986. The number of carbonyl (C=O) groups is 2. The van der Waals surface area contributed by atoms with E-state index in [-0.39, 0.29) is 16.4 Å². The van der Waals surface area contributed by atoms with Gasteiger partial charge in [-0.3, -0.25) is 4.79 Å². The molecule has 0 aromatic rings. The molecule has 4 nitrogen and oxygen atoms in total. The van der Waals surface area contributed by atoms with Gasteiger partial charge in [-0.25, -0.2) is 4.79 Å². The number of hydrogen-bond acceptors (Lipinski definition) is 4. The van der Waals surface area contributed by atoms with Crippen molar-refractivity contribution in [2.24, 2.45) is 5.92 Å². The topological polar surface area (TPSA) is 57.6 Å². The van der Waals surface area contributed by atoms with Crippen molar-refractivity contribution in [3.05, 3.63) is 0 Å². The van der Waals surface area contributed by atoms with E-state index in [0.29, 0.717) is 12.8 Å². The number of hydrogen-bond donors (Lipinski definition) is 3. The fourth-order valence-electron chi connectivity index (χ4n) is 1.06. The van der Waals surface area contributed by atoms with Gasteiger partial charge in [0.1, 0.15) is 6.04 Å². The SMILES string of the molecule is C[C@@H](CCC(=O)N(C)[C@@H](C)C(=O)O)C(S)S. The van der Waals surface area contributed by atoms with Crippen molar-refractivity contribution in [1.29, 1.82) is 0 Å². The van der Waals surface area contributed by atoms with Gasteiger partial charge in [-0.1, -0.05) is 6.92 Å². The molecule has 0 aromatic heterocycles. The Kier molecular flexibility index (Phi) is 6.90. The molecule has 0 aliphatic rings. The summed E-state index contributed by atoms with van der Waals surface area (Å²) in [5.41, 5.74) is 0. The van der Waals surface area contributed by atoms with E-state index in [1.165, 1.54) is 18.9 Å². The van der Waals surface area contributed by atoms with E-state index in [2.05, 4.69) is 25.3 Å². The molecule has 94 valence electrons. The Morgan fingerprint density at radius 3 is 2.19 bits per heavy atom. The summed E-state index contributed by atoms with van der Waals surface area (Å²) in [4.78, 5) is 23.6. The van der Waals surface area contributed by atoms with Gasteiger partial charge in [-0.05, 0) is 19.3 Å². The Morgan fingerprint density at radius 2 is 1.81 bits per heavy atom. The number of thiol groups is 2. The highest BCUT2D eigenvalue weighted by Crippen LogP contribution is 2.19. The number of aliphatic carboxylic acids is 1. The van der Waals surface area contributed by atoms with Crippen LogP contribution in [0.2, 0.25) is 0 Å². The lowest BCUT2D eigenvalue weighted by Gasteiger charge is -2.22. The van der Waals surface area contributed by atoms with Gasteiger partial charge in [0, 0.05) is 18.1 Å². The Hall–Kier alpha value is -0.360. The first kappa shape index (κ1) is 15.6. The van der Waals surface area contributed by atoms with Gasteiger partial charge in [0.15, 0.2) is 0 Å². The maximum absolute atomic E-state index is 11.6. The normalized spacial score (nSPS) is 14.6. The molecule has 0 aromatic carbocycles. The molecule has 0 bridgehead atoms. The second-order valence-electron chi connectivity index (χ2n) is 3.95. The third-order valence-corrected chi connectivity index (χ3v) is 3.67. The standard InChI is InChI=1S/C10H19NO3S2/c1-6(10(15)16)4-5-8(12)11(3)7(2)9(13)14/h6-7,10,15-16H,4-5H2,1-3H3,(H,13,14)/t6-,7-/m0/s1. The van der Waals surface area contributed by atoms with Crippen LogP contribution in [0.25, 0.3) is 0 Å². The molecule has 16 heavy (non-hydrogen) atoms. The first-order valence-electron chi connectivity index (χ1n) is 5.12. The lowest BCUT2D eigenvalue weighted by Crippen LogP contribution is -2.40. The zero-order chi connectivity index (χ0) is 12.9. The third-order valence-electron chi connectivity index (χ3n) is 2.65. The maximum atomic E-state index is 11.6. The van der Waals surface area contributed by atoms with E-state index in [1.54, 1.807) is 0 Å². The van der Waals surface area contributed by atoms with Crippen LogP contribution in [0.15, 0.2) is 0 Å². The molecule has 0 aliphatic carbocycles. The second kappa shape index (κ2) is 7.06. The number of amides is 1. The van der Waals surface area contributed by atoms with Crippen molar-refractivity contribution in [1.82, 2.24) is 4.90 Å². The van der Waals surface area contributed by atoms with E-state index >= 15 is 0 Å². The Balaban J connectivity index is 4.12. The van der Waals surface area contributed by atoms with Crippen LogP contribution in [-0.4, -0.2) is 39.6 Å². The highest BCUT2D eigenvalue weighted by atomic mass is 32.2. The Morgan fingerprint density at radius 1 is 1.31 bits per heavy atom. The minimum absolute atomic E-state index is 0.0602. The van der Waals surface area contributed by atoms with Gasteiger partial charge in [-0.15, -0.1) is 0 Å². The molecule has 1 amide bonds. The first-order chi connectivity index (χ1) is 7.27. The molecule has 0 heterocycles. The average molecular weight is 265 g/mol. The van der Waals surface area contributed by atoms with Crippen molar-refractivity contribution in [3.63, 3.8) is 0 Å². The number of likely N-dealkylation sites (N-methyl/N-ethyl adjacent to an activating group) is 1. The summed E-state index contributed by atoms with van der Waals surface area (Å²) in [5.74, 6) is -0.946. The first-order valence-corrected chi connectivity index (χ1v) is 6.15. The summed E-state index contributed by atoms with van der Waals surface area (Å²) in [6.45, 7) is 3.45. The molecule has 0 saturated heterocycles. The number of nitrogens with zero attached hydrogens (tertiary/aromatic N) is 1. The van der Waals surface area contributed by atoms with Crippen LogP contribution in [0.3, 0.4) is 0 Å². The summed E-state index contributed by atoms with van der Waals surface area (Å²) < 4.78 is -0.0602. The smallest absolute Gasteiger partial charge is 0.326 e. The predicted molar refractivity (Wildman–Crippen MR) is 70.0 cm³/mol. The number of carboxylic acids is 1. The van der Waals surface area contributed by atoms with Gasteiger partial charge in [0.25, 0.3) is 0 Å².